The number of likely N-dealkylation sites (tertiary alicyclic amines) is 1. The molecule has 0 saturated carbocycles. The van der Waals surface area contributed by atoms with Crippen LogP contribution in [-0.2, 0) is 14.8 Å². The summed E-state index contributed by atoms with van der Waals surface area (Å²) in [5.74, 6) is -0.964. The number of anilines is 1. The summed E-state index contributed by atoms with van der Waals surface area (Å²) in [7, 11) is -2.88. The SMILES string of the molecule is COC(=O)c1cc(S(=O)(=O)Nc2ccccc2C(=O)N2CCCC2)ccc1Cl. The van der Waals surface area contributed by atoms with Crippen molar-refractivity contribution in [2.24, 2.45) is 0 Å². The molecule has 0 unspecified atom stereocenters. The second kappa shape index (κ2) is 8.20. The van der Waals surface area contributed by atoms with E-state index in [4.69, 9.17) is 11.6 Å². The van der Waals surface area contributed by atoms with Gasteiger partial charge in [0.15, 0.2) is 0 Å². The maximum atomic E-state index is 12.8. The largest absolute Gasteiger partial charge is 0.465 e. The molecule has 1 N–H and O–H groups in total. The number of methoxy groups -OCH3 is 1. The highest BCUT2D eigenvalue weighted by molar-refractivity contribution is 7.92. The zero-order chi connectivity index (χ0) is 20.3. The van der Waals surface area contributed by atoms with Crippen molar-refractivity contribution in [1.82, 2.24) is 4.90 Å². The van der Waals surface area contributed by atoms with Gasteiger partial charge in [-0.25, -0.2) is 13.2 Å². The van der Waals surface area contributed by atoms with Crippen LogP contribution in [0.1, 0.15) is 33.6 Å². The molecule has 1 aliphatic heterocycles. The van der Waals surface area contributed by atoms with Crippen LogP contribution in [0.5, 0.6) is 0 Å². The minimum absolute atomic E-state index is 0.0616. The highest BCUT2D eigenvalue weighted by atomic mass is 35.5. The maximum Gasteiger partial charge on any atom is 0.339 e. The number of nitrogens with one attached hydrogen (secondary N) is 1. The Bertz CT molecular complexity index is 1020. The second-order valence-corrected chi connectivity index (χ2v) is 8.37. The van der Waals surface area contributed by atoms with Crippen LogP contribution in [0, 0.1) is 0 Å². The topological polar surface area (TPSA) is 92.8 Å². The zero-order valence-electron chi connectivity index (χ0n) is 15.1. The Hall–Kier alpha value is -2.58. The van der Waals surface area contributed by atoms with E-state index in [0.717, 1.165) is 18.9 Å². The van der Waals surface area contributed by atoms with Gasteiger partial charge in [0.2, 0.25) is 0 Å². The average Bonchev–Trinajstić information content (AvgIpc) is 3.22. The van der Waals surface area contributed by atoms with Crippen molar-refractivity contribution in [3.8, 4) is 0 Å². The lowest BCUT2D eigenvalue weighted by Gasteiger charge is -2.18. The summed E-state index contributed by atoms with van der Waals surface area (Å²) in [5.41, 5.74) is 0.387. The summed E-state index contributed by atoms with van der Waals surface area (Å²) in [5, 5.41) is 0.0791. The summed E-state index contributed by atoms with van der Waals surface area (Å²) < 4.78 is 32.7. The number of hydrogen-bond donors (Lipinski definition) is 1. The number of esters is 1. The van der Waals surface area contributed by atoms with Gasteiger partial charge in [0.05, 0.1) is 33.8 Å². The van der Waals surface area contributed by atoms with E-state index in [-0.39, 0.29) is 32.6 Å². The van der Waals surface area contributed by atoms with Crippen LogP contribution in [0.2, 0.25) is 5.02 Å². The molecular formula is C19H19ClN2O5S. The van der Waals surface area contributed by atoms with E-state index in [1.54, 1.807) is 23.1 Å². The first-order valence-electron chi connectivity index (χ1n) is 8.62. The normalized spacial score (nSPS) is 14.0. The first-order valence-corrected chi connectivity index (χ1v) is 10.5. The van der Waals surface area contributed by atoms with E-state index < -0.39 is 16.0 Å². The Balaban J connectivity index is 1.93. The number of rotatable bonds is 5. The number of benzene rings is 2. The Morgan fingerprint density at radius 3 is 2.43 bits per heavy atom. The van der Waals surface area contributed by atoms with Gasteiger partial charge < -0.3 is 9.64 Å². The van der Waals surface area contributed by atoms with Gasteiger partial charge in [-0.1, -0.05) is 23.7 Å². The summed E-state index contributed by atoms with van der Waals surface area (Å²) in [6.45, 7) is 1.30. The highest BCUT2D eigenvalue weighted by Crippen LogP contribution is 2.26. The number of carbonyl (C=O) groups excluding carboxylic acids is 2. The standard InChI is InChI=1S/C19H19ClN2O5S/c1-27-19(24)15-12-13(8-9-16(15)20)28(25,26)21-17-7-3-2-6-14(17)18(23)22-10-4-5-11-22/h2-3,6-9,12,21H,4-5,10-11H2,1H3. The minimum atomic E-state index is -4.06. The first-order chi connectivity index (χ1) is 13.3. The number of hydrogen-bond acceptors (Lipinski definition) is 5. The van der Waals surface area contributed by atoms with Crippen molar-refractivity contribution < 1.29 is 22.7 Å². The predicted molar refractivity (Wildman–Crippen MR) is 105 cm³/mol. The molecule has 0 spiro atoms. The summed E-state index contributed by atoms with van der Waals surface area (Å²) >= 11 is 5.95. The fourth-order valence-corrected chi connectivity index (χ4v) is 4.29. The van der Waals surface area contributed by atoms with Crippen LogP contribution < -0.4 is 4.72 Å². The Morgan fingerprint density at radius 2 is 1.75 bits per heavy atom. The van der Waals surface area contributed by atoms with Gasteiger partial charge in [-0.2, -0.15) is 0 Å². The molecule has 7 nitrogen and oxygen atoms in total. The van der Waals surface area contributed by atoms with Crippen LogP contribution in [0.15, 0.2) is 47.4 Å². The molecule has 28 heavy (non-hydrogen) atoms. The molecule has 9 heteroatoms. The molecule has 2 aromatic rings. The third-order valence-electron chi connectivity index (χ3n) is 4.45. The van der Waals surface area contributed by atoms with Crippen LogP contribution in [0.4, 0.5) is 5.69 Å². The lowest BCUT2D eigenvalue weighted by atomic mass is 10.1. The van der Waals surface area contributed by atoms with Crippen LogP contribution in [0.3, 0.4) is 0 Å². The van der Waals surface area contributed by atoms with Gasteiger partial charge in [0.1, 0.15) is 0 Å². The van der Waals surface area contributed by atoms with Crippen molar-refractivity contribution in [3.63, 3.8) is 0 Å². The zero-order valence-corrected chi connectivity index (χ0v) is 16.7. The fourth-order valence-electron chi connectivity index (χ4n) is 2.99. The Kier molecular flexibility index (Phi) is 5.90. The molecule has 3 rings (SSSR count). The van der Waals surface area contributed by atoms with Gasteiger partial charge in [0, 0.05) is 13.1 Å². The second-order valence-electron chi connectivity index (χ2n) is 6.28. The van der Waals surface area contributed by atoms with Crippen LogP contribution in [-0.4, -0.2) is 45.4 Å². The van der Waals surface area contributed by atoms with E-state index >= 15 is 0 Å². The Labute approximate surface area is 168 Å². The molecule has 0 bridgehead atoms. The number of amides is 1. The molecule has 2 aromatic carbocycles. The first kappa shape index (κ1) is 20.2. The smallest absolute Gasteiger partial charge is 0.339 e. The lowest BCUT2D eigenvalue weighted by Crippen LogP contribution is -2.28. The van der Waals surface area contributed by atoms with Gasteiger partial charge in [-0.3, -0.25) is 9.52 Å². The summed E-state index contributed by atoms with van der Waals surface area (Å²) in [6.07, 6.45) is 1.86. The molecular weight excluding hydrogens is 404 g/mol. The maximum absolute atomic E-state index is 12.8. The molecule has 1 fully saturated rings. The number of halogens is 1. The summed E-state index contributed by atoms with van der Waals surface area (Å²) in [4.78, 5) is 26.1. The van der Waals surface area contributed by atoms with Gasteiger partial charge in [-0.05, 0) is 43.2 Å². The van der Waals surface area contributed by atoms with E-state index in [1.807, 2.05) is 0 Å². The number of sulfonamides is 1. The molecule has 1 heterocycles. The molecule has 1 amide bonds. The van der Waals surface area contributed by atoms with E-state index in [2.05, 4.69) is 9.46 Å². The van der Waals surface area contributed by atoms with Crippen molar-refractivity contribution in [1.29, 1.82) is 0 Å². The van der Waals surface area contributed by atoms with E-state index in [1.165, 1.54) is 25.3 Å². The quantitative estimate of drug-likeness (QED) is 0.747. The molecule has 0 atom stereocenters. The fraction of sp³-hybridized carbons (Fsp3) is 0.263. The highest BCUT2D eigenvalue weighted by Gasteiger charge is 2.25. The average molecular weight is 423 g/mol. The third kappa shape index (κ3) is 4.13. The Morgan fingerprint density at radius 1 is 1.07 bits per heavy atom. The number of carbonyl (C=O) groups is 2. The van der Waals surface area contributed by atoms with Gasteiger partial charge >= 0.3 is 5.97 Å². The van der Waals surface area contributed by atoms with Crippen LogP contribution in [0.25, 0.3) is 0 Å². The molecule has 0 aliphatic carbocycles. The number of nitrogens with zero attached hydrogens (tertiary/aromatic N) is 1. The lowest BCUT2D eigenvalue weighted by molar-refractivity contribution is 0.0600. The van der Waals surface area contributed by atoms with E-state index in [0.29, 0.717) is 13.1 Å². The van der Waals surface area contributed by atoms with Crippen LogP contribution >= 0.6 is 11.6 Å². The van der Waals surface area contributed by atoms with Crippen molar-refractivity contribution >= 4 is 39.2 Å². The number of para-hydroxylation sites is 1. The summed E-state index contributed by atoms with van der Waals surface area (Å²) in [6, 6.07) is 10.2. The van der Waals surface area contributed by atoms with E-state index in [9.17, 15) is 18.0 Å². The molecule has 1 aliphatic rings. The predicted octanol–water partition coefficient (Wildman–Crippen LogP) is 3.16. The molecule has 0 aromatic heterocycles. The van der Waals surface area contributed by atoms with Gasteiger partial charge in [0.25, 0.3) is 15.9 Å². The van der Waals surface area contributed by atoms with Crippen molar-refractivity contribution in [2.75, 3.05) is 24.9 Å². The minimum Gasteiger partial charge on any atom is -0.465 e. The van der Waals surface area contributed by atoms with Crippen molar-refractivity contribution in [3.05, 3.63) is 58.6 Å². The molecule has 148 valence electrons. The molecule has 1 saturated heterocycles. The van der Waals surface area contributed by atoms with Gasteiger partial charge in [-0.15, -0.1) is 0 Å². The number of ether oxygens (including phenoxy) is 1. The molecule has 0 radical (unpaired) electrons. The van der Waals surface area contributed by atoms with Crippen molar-refractivity contribution in [2.45, 2.75) is 17.7 Å². The third-order valence-corrected chi connectivity index (χ3v) is 6.14. The monoisotopic (exact) mass is 422 g/mol.